The highest BCUT2D eigenvalue weighted by Crippen LogP contribution is 2.22. The molecule has 1 aliphatic heterocycles. The maximum Gasteiger partial charge on any atom is 0.268 e. The van der Waals surface area contributed by atoms with Crippen molar-refractivity contribution in [2.24, 2.45) is 0 Å². The van der Waals surface area contributed by atoms with Crippen LogP contribution in [-0.2, 0) is 16.4 Å². The molecule has 0 unspecified atom stereocenters. The van der Waals surface area contributed by atoms with Crippen molar-refractivity contribution >= 4 is 26.6 Å². The van der Waals surface area contributed by atoms with E-state index < -0.39 is 9.84 Å². The van der Waals surface area contributed by atoms with Crippen LogP contribution in [0, 0.1) is 0 Å². The maximum absolute atomic E-state index is 13.2. The fourth-order valence-electron chi connectivity index (χ4n) is 4.19. The Labute approximate surface area is 183 Å². The third kappa shape index (κ3) is 5.54. The summed E-state index contributed by atoms with van der Waals surface area (Å²) in [5, 5.41) is 4.27. The summed E-state index contributed by atoms with van der Waals surface area (Å²) in [4.78, 5) is 15.4. The topological polar surface area (TPSA) is 71.4 Å². The van der Waals surface area contributed by atoms with E-state index in [9.17, 15) is 13.2 Å². The molecule has 1 amide bonds. The van der Waals surface area contributed by atoms with Gasteiger partial charge in [0.05, 0.1) is 5.75 Å². The first-order valence-corrected chi connectivity index (χ1v) is 12.8. The van der Waals surface area contributed by atoms with Gasteiger partial charge in [-0.05, 0) is 30.5 Å². The zero-order valence-corrected chi connectivity index (χ0v) is 18.6. The predicted molar refractivity (Wildman–Crippen MR) is 124 cm³/mol. The number of para-hydroxylation sites is 1. The van der Waals surface area contributed by atoms with E-state index in [0.29, 0.717) is 18.8 Å². The van der Waals surface area contributed by atoms with Crippen LogP contribution < -0.4 is 5.32 Å². The van der Waals surface area contributed by atoms with Gasteiger partial charge in [0.25, 0.3) is 5.91 Å². The summed E-state index contributed by atoms with van der Waals surface area (Å²) in [5.41, 5.74) is 2.87. The predicted octanol–water partition coefficient (Wildman–Crippen LogP) is 2.93. The molecule has 1 fully saturated rings. The van der Waals surface area contributed by atoms with Gasteiger partial charge < -0.3 is 14.8 Å². The Hall–Kier alpha value is -2.64. The van der Waals surface area contributed by atoms with Crippen LogP contribution in [0.4, 0.5) is 0 Å². The number of aromatic nitrogens is 1. The summed E-state index contributed by atoms with van der Waals surface area (Å²) in [6.45, 7) is 2.80. The molecule has 2 heterocycles. The molecule has 0 bridgehead atoms. The first kappa shape index (κ1) is 21.6. The van der Waals surface area contributed by atoms with Crippen molar-refractivity contribution in [3.05, 3.63) is 71.9 Å². The first-order chi connectivity index (χ1) is 14.9. The number of carbonyl (C=O) groups is 1. The van der Waals surface area contributed by atoms with Crippen molar-refractivity contribution in [1.82, 2.24) is 14.8 Å². The Morgan fingerprint density at radius 2 is 1.71 bits per heavy atom. The van der Waals surface area contributed by atoms with Crippen LogP contribution in [0.2, 0.25) is 0 Å². The van der Waals surface area contributed by atoms with Crippen molar-refractivity contribution < 1.29 is 13.2 Å². The third-order valence-electron chi connectivity index (χ3n) is 5.93. The molecule has 31 heavy (non-hydrogen) atoms. The minimum atomic E-state index is -2.95. The van der Waals surface area contributed by atoms with E-state index in [1.807, 2.05) is 42.5 Å². The number of benzene rings is 2. The van der Waals surface area contributed by atoms with Crippen molar-refractivity contribution in [2.75, 3.05) is 31.6 Å². The fourth-order valence-corrected chi connectivity index (χ4v) is 4.78. The Morgan fingerprint density at radius 1 is 1.03 bits per heavy atom. The maximum atomic E-state index is 13.2. The molecule has 1 aromatic heterocycles. The number of rotatable bonds is 7. The van der Waals surface area contributed by atoms with E-state index in [1.165, 1.54) is 6.26 Å². The SMILES string of the molecule is CS(=O)(=O)CCN1CCC(NC(=O)c2cc3ccccc3n2Cc2ccccc2)CC1. The van der Waals surface area contributed by atoms with E-state index in [0.717, 1.165) is 42.4 Å². The summed E-state index contributed by atoms with van der Waals surface area (Å²) in [5.74, 6) is 0.130. The lowest BCUT2D eigenvalue weighted by Gasteiger charge is -2.32. The lowest BCUT2D eigenvalue weighted by molar-refractivity contribution is 0.0904. The first-order valence-electron chi connectivity index (χ1n) is 10.7. The third-order valence-corrected chi connectivity index (χ3v) is 6.85. The molecule has 0 spiro atoms. The highest BCUT2D eigenvalue weighted by Gasteiger charge is 2.23. The van der Waals surface area contributed by atoms with Gasteiger partial charge in [-0.3, -0.25) is 4.79 Å². The monoisotopic (exact) mass is 439 g/mol. The molecule has 6 nitrogen and oxygen atoms in total. The number of likely N-dealkylation sites (tertiary alicyclic amines) is 1. The molecule has 0 atom stereocenters. The second-order valence-corrected chi connectivity index (χ2v) is 10.6. The average Bonchev–Trinajstić information content (AvgIpc) is 3.12. The highest BCUT2D eigenvalue weighted by atomic mass is 32.2. The smallest absolute Gasteiger partial charge is 0.268 e. The Kier molecular flexibility index (Phi) is 6.43. The normalized spacial score (nSPS) is 15.9. The van der Waals surface area contributed by atoms with Gasteiger partial charge >= 0.3 is 0 Å². The standard InChI is InChI=1S/C24H29N3O3S/c1-31(29,30)16-15-26-13-11-21(12-14-26)25-24(28)23-17-20-9-5-6-10-22(20)27(23)18-19-7-3-2-4-8-19/h2-10,17,21H,11-16,18H2,1H3,(H,25,28). The molecule has 1 saturated heterocycles. The summed E-state index contributed by atoms with van der Waals surface area (Å²) in [6, 6.07) is 20.3. The van der Waals surface area contributed by atoms with Crippen LogP contribution >= 0.6 is 0 Å². The van der Waals surface area contributed by atoms with Gasteiger partial charge in [-0.25, -0.2) is 8.42 Å². The van der Waals surface area contributed by atoms with Crippen molar-refractivity contribution in [2.45, 2.75) is 25.4 Å². The largest absolute Gasteiger partial charge is 0.348 e. The minimum Gasteiger partial charge on any atom is -0.348 e. The number of piperidine rings is 1. The molecule has 4 rings (SSSR count). The summed E-state index contributed by atoms with van der Waals surface area (Å²) in [7, 11) is -2.95. The van der Waals surface area contributed by atoms with Crippen LogP contribution in [0.1, 0.15) is 28.9 Å². The van der Waals surface area contributed by atoms with Gasteiger partial charge in [0.2, 0.25) is 0 Å². The Morgan fingerprint density at radius 3 is 2.42 bits per heavy atom. The number of fused-ring (bicyclic) bond motifs is 1. The number of hydrogen-bond acceptors (Lipinski definition) is 4. The second-order valence-electron chi connectivity index (χ2n) is 8.38. The number of amides is 1. The van der Waals surface area contributed by atoms with Gasteiger partial charge in [-0.1, -0.05) is 48.5 Å². The summed E-state index contributed by atoms with van der Waals surface area (Å²) in [6.07, 6.45) is 2.93. The molecule has 164 valence electrons. The molecule has 1 aliphatic rings. The minimum absolute atomic E-state index is 0.0540. The Balaban J connectivity index is 1.45. The van der Waals surface area contributed by atoms with Gasteiger partial charge in [-0.2, -0.15) is 0 Å². The van der Waals surface area contributed by atoms with Crippen LogP contribution in [-0.4, -0.2) is 61.5 Å². The lowest BCUT2D eigenvalue weighted by atomic mass is 10.0. The number of sulfone groups is 1. The van der Waals surface area contributed by atoms with E-state index in [2.05, 4.69) is 33.0 Å². The molecule has 1 N–H and O–H groups in total. The number of nitrogens with one attached hydrogen (secondary N) is 1. The van der Waals surface area contributed by atoms with Gasteiger partial charge in [0.15, 0.2) is 0 Å². The quantitative estimate of drug-likeness (QED) is 0.615. The van der Waals surface area contributed by atoms with Crippen LogP contribution in [0.25, 0.3) is 10.9 Å². The number of hydrogen-bond donors (Lipinski definition) is 1. The molecule has 0 radical (unpaired) electrons. The van der Waals surface area contributed by atoms with E-state index in [-0.39, 0.29) is 17.7 Å². The lowest BCUT2D eigenvalue weighted by Crippen LogP contribution is -2.46. The van der Waals surface area contributed by atoms with Gasteiger partial charge in [0.1, 0.15) is 15.5 Å². The molecule has 2 aromatic carbocycles. The molecule has 0 aliphatic carbocycles. The molecule has 3 aromatic rings. The van der Waals surface area contributed by atoms with E-state index in [4.69, 9.17) is 0 Å². The zero-order valence-electron chi connectivity index (χ0n) is 17.8. The van der Waals surface area contributed by atoms with Crippen LogP contribution in [0.3, 0.4) is 0 Å². The van der Waals surface area contributed by atoms with Crippen molar-refractivity contribution in [1.29, 1.82) is 0 Å². The zero-order chi connectivity index (χ0) is 21.8. The van der Waals surface area contributed by atoms with E-state index >= 15 is 0 Å². The Bertz CT molecular complexity index is 1150. The molecular weight excluding hydrogens is 410 g/mol. The average molecular weight is 440 g/mol. The fraction of sp³-hybridized carbons (Fsp3) is 0.375. The van der Waals surface area contributed by atoms with Crippen molar-refractivity contribution in [3.63, 3.8) is 0 Å². The van der Waals surface area contributed by atoms with Crippen LogP contribution in [0.15, 0.2) is 60.7 Å². The van der Waals surface area contributed by atoms with Crippen molar-refractivity contribution in [3.8, 4) is 0 Å². The second kappa shape index (κ2) is 9.24. The van der Waals surface area contributed by atoms with Crippen LogP contribution in [0.5, 0.6) is 0 Å². The van der Waals surface area contributed by atoms with Gasteiger partial charge in [0, 0.05) is 49.4 Å². The summed E-state index contributed by atoms with van der Waals surface area (Å²) >= 11 is 0. The summed E-state index contributed by atoms with van der Waals surface area (Å²) < 4.78 is 24.9. The number of nitrogens with zero attached hydrogens (tertiary/aromatic N) is 2. The molecule has 0 saturated carbocycles. The van der Waals surface area contributed by atoms with E-state index in [1.54, 1.807) is 0 Å². The highest BCUT2D eigenvalue weighted by molar-refractivity contribution is 7.90. The molecular formula is C24H29N3O3S. The van der Waals surface area contributed by atoms with Gasteiger partial charge in [-0.15, -0.1) is 0 Å². The number of carbonyl (C=O) groups excluding carboxylic acids is 1. The molecule has 7 heteroatoms.